The Balaban J connectivity index is 1.41. The lowest BCUT2D eigenvalue weighted by Crippen LogP contribution is -2.39. The summed E-state index contributed by atoms with van der Waals surface area (Å²) in [6.07, 6.45) is 4.80. The van der Waals surface area contributed by atoms with Crippen molar-refractivity contribution in [2.75, 3.05) is 13.1 Å². The van der Waals surface area contributed by atoms with Crippen LogP contribution in [-0.4, -0.2) is 50.6 Å². The summed E-state index contributed by atoms with van der Waals surface area (Å²) < 4.78 is 1.29. The van der Waals surface area contributed by atoms with Crippen LogP contribution in [0.1, 0.15) is 25.3 Å². The van der Waals surface area contributed by atoms with E-state index in [0.29, 0.717) is 41.5 Å². The Labute approximate surface area is 174 Å². The van der Waals surface area contributed by atoms with Crippen LogP contribution in [0.2, 0.25) is 10.0 Å². The van der Waals surface area contributed by atoms with Gasteiger partial charge in [0.05, 0.1) is 17.4 Å². The molecular formula is C20H22Cl2N4O2. The van der Waals surface area contributed by atoms with E-state index in [1.165, 1.54) is 17.1 Å². The Morgan fingerprint density at radius 2 is 1.86 bits per heavy atom. The number of rotatable bonds is 3. The molecular weight excluding hydrogens is 399 g/mol. The molecule has 2 amide bonds. The minimum Gasteiger partial charge on any atom is -0.336 e. The second kappa shape index (κ2) is 7.76. The van der Waals surface area contributed by atoms with Crippen LogP contribution in [0.4, 0.5) is 4.79 Å². The zero-order chi connectivity index (χ0) is 19.8. The van der Waals surface area contributed by atoms with E-state index in [9.17, 15) is 9.59 Å². The van der Waals surface area contributed by atoms with Crippen LogP contribution in [0.5, 0.6) is 0 Å². The van der Waals surface area contributed by atoms with Crippen LogP contribution < -0.4 is 0 Å². The summed E-state index contributed by atoms with van der Waals surface area (Å²) in [5.74, 6) is 0.852. The number of benzene rings is 1. The number of nitrogens with zero attached hydrogens (tertiary/aromatic N) is 4. The van der Waals surface area contributed by atoms with Crippen LogP contribution >= 0.6 is 23.2 Å². The van der Waals surface area contributed by atoms with Gasteiger partial charge in [-0.05, 0) is 36.3 Å². The van der Waals surface area contributed by atoms with Gasteiger partial charge in [0.1, 0.15) is 0 Å². The SMILES string of the molecule is CC(=O)N(Cc1ccccc1Cl)[C@@H]1C[C@@H]2CN(C(=O)n3cc(Cl)cn3)C[C@@H]2C1. The van der Waals surface area contributed by atoms with Crippen LogP contribution in [-0.2, 0) is 11.3 Å². The average molecular weight is 421 g/mol. The fourth-order valence-electron chi connectivity index (χ4n) is 4.54. The quantitative estimate of drug-likeness (QED) is 0.755. The Morgan fingerprint density at radius 3 is 2.43 bits per heavy atom. The number of likely N-dealkylation sites (tertiary alicyclic amines) is 1. The van der Waals surface area contributed by atoms with Crippen molar-refractivity contribution in [1.29, 1.82) is 0 Å². The molecule has 148 valence electrons. The van der Waals surface area contributed by atoms with Gasteiger partial charge in [-0.1, -0.05) is 41.4 Å². The summed E-state index contributed by atoms with van der Waals surface area (Å²) in [4.78, 5) is 28.7. The molecule has 8 heteroatoms. The topological polar surface area (TPSA) is 58.4 Å². The van der Waals surface area contributed by atoms with Crippen molar-refractivity contribution in [3.63, 3.8) is 0 Å². The number of halogens is 2. The maximum atomic E-state index is 12.6. The molecule has 2 fully saturated rings. The molecule has 0 spiro atoms. The first-order valence-corrected chi connectivity index (χ1v) is 10.2. The first kappa shape index (κ1) is 19.3. The van der Waals surface area contributed by atoms with Crippen molar-refractivity contribution in [2.45, 2.75) is 32.4 Å². The molecule has 1 aromatic heterocycles. The van der Waals surface area contributed by atoms with E-state index in [1.54, 1.807) is 6.92 Å². The predicted octanol–water partition coefficient (Wildman–Crippen LogP) is 3.92. The van der Waals surface area contributed by atoms with Gasteiger partial charge < -0.3 is 9.80 Å². The molecule has 0 N–H and O–H groups in total. The van der Waals surface area contributed by atoms with Gasteiger partial charge in [-0.15, -0.1) is 0 Å². The number of carbonyl (C=O) groups excluding carboxylic acids is 2. The van der Waals surface area contributed by atoms with E-state index in [2.05, 4.69) is 5.10 Å². The Hall–Kier alpha value is -2.05. The lowest BCUT2D eigenvalue weighted by atomic mass is 10.0. The molecule has 1 saturated carbocycles. The van der Waals surface area contributed by atoms with Gasteiger partial charge in [0.2, 0.25) is 5.91 Å². The van der Waals surface area contributed by atoms with Crippen molar-refractivity contribution in [3.8, 4) is 0 Å². The second-order valence-electron chi connectivity index (χ2n) is 7.67. The summed E-state index contributed by atoms with van der Waals surface area (Å²) in [7, 11) is 0. The fourth-order valence-corrected chi connectivity index (χ4v) is 4.87. The third-order valence-electron chi connectivity index (χ3n) is 5.89. The first-order valence-electron chi connectivity index (χ1n) is 9.42. The van der Waals surface area contributed by atoms with Crippen LogP contribution in [0.3, 0.4) is 0 Å². The number of aromatic nitrogens is 2. The molecule has 6 nitrogen and oxygen atoms in total. The first-order chi connectivity index (χ1) is 13.4. The minimum absolute atomic E-state index is 0.0593. The average Bonchev–Trinajstić information content (AvgIpc) is 3.34. The number of hydrogen-bond donors (Lipinski definition) is 0. The molecule has 0 unspecified atom stereocenters. The van der Waals surface area contributed by atoms with Crippen molar-refractivity contribution in [1.82, 2.24) is 19.6 Å². The number of carbonyl (C=O) groups is 2. The highest BCUT2D eigenvalue weighted by atomic mass is 35.5. The van der Waals surface area contributed by atoms with Crippen molar-refractivity contribution >= 4 is 35.1 Å². The van der Waals surface area contributed by atoms with Gasteiger partial charge in [0.25, 0.3) is 0 Å². The standard InChI is InChI=1S/C20H22Cl2N4O2/c1-13(27)25(11-14-4-2-3-5-19(14)22)18-6-15-9-24(10-16(15)7-18)20(28)26-12-17(21)8-23-26/h2-5,8,12,15-16,18H,6-7,9-11H2,1H3/t15-,16+,18-. The molecule has 0 radical (unpaired) electrons. The summed E-state index contributed by atoms with van der Waals surface area (Å²) in [6.45, 7) is 3.51. The minimum atomic E-state index is -0.141. The molecule has 0 bridgehead atoms. The Morgan fingerprint density at radius 1 is 1.18 bits per heavy atom. The zero-order valence-corrected chi connectivity index (χ0v) is 17.1. The maximum Gasteiger partial charge on any atom is 0.344 e. The van der Waals surface area contributed by atoms with Crippen LogP contribution in [0.15, 0.2) is 36.7 Å². The van der Waals surface area contributed by atoms with Crippen molar-refractivity contribution in [3.05, 3.63) is 52.3 Å². The molecule has 3 atom stereocenters. The van der Waals surface area contributed by atoms with E-state index < -0.39 is 0 Å². The smallest absolute Gasteiger partial charge is 0.336 e. The molecule has 2 aliphatic rings. The monoisotopic (exact) mass is 420 g/mol. The van der Waals surface area contributed by atoms with E-state index in [1.807, 2.05) is 34.1 Å². The van der Waals surface area contributed by atoms with Crippen LogP contribution in [0.25, 0.3) is 0 Å². The van der Waals surface area contributed by atoms with Crippen molar-refractivity contribution < 1.29 is 9.59 Å². The molecule has 1 saturated heterocycles. The molecule has 2 aromatic rings. The van der Waals surface area contributed by atoms with Gasteiger partial charge >= 0.3 is 6.03 Å². The maximum absolute atomic E-state index is 12.6. The molecule has 4 rings (SSSR count). The summed E-state index contributed by atoms with van der Waals surface area (Å²) in [5.41, 5.74) is 0.962. The number of amides is 2. The molecule has 1 aliphatic carbocycles. The number of hydrogen-bond acceptors (Lipinski definition) is 3. The van der Waals surface area contributed by atoms with E-state index >= 15 is 0 Å². The molecule has 1 aromatic carbocycles. The Kier molecular flexibility index (Phi) is 5.34. The summed E-state index contributed by atoms with van der Waals surface area (Å²) in [5, 5.41) is 5.13. The van der Waals surface area contributed by atoms with Gasteiger partial charge in [0.15, 0.2) is 0 Å². The largest absolute Gasteiger partial charge is 0.344 e. The van der Waals surface area contributed by atoms with Gasteiger partial charge in [-0.25, -0.2) is 4.79 Å². The highest BCUT2D eigenvalue weighted by molar-refractivity contribution is 6.31. The third-order valence-corrected chi connectivity index (χ3v) is 6.45. The lowest BCUT2D eigenvalue weighted by Gasteiger charge is -2.30. The van der Waals surface area contributed by atoms with Crippen molar-refractivity contribution in [2.24, 2.45) is 11.8 Å². The summed E-state index contributed by atoms with van der Waals surface area (Å²) in [6, 6.07) is 7.68. The highest BCUT2D eigenvalue weighted by Crippen LogP contribution is 2.41. The summed E-state index contributed by atoms with van der Waals surface area (Å²) >= 11 is 12.2. The lowest BCUT2D eigenvalue weighted by molar-refractivity contribution is -0.131. The van der Waals surface area contributed by atoms with Gasteiger partial charge in [-0.2, -0.15) is 9.78 Å². The third kappa shape index (κ3) is 3.76. The van der Waals surface area contributed by atoms with E-state index in [-0.39, 0.29) is 18.0 Å². The molecule has 1 aliphatic heterocycles. The normalized spacial score (nSPS) is 23.7. The second-order valence-corrected chi connectivity index (χ2v) is 8.52. The Bertz CT molecular complexity index is 886. The molecule has 28 heavy (non-hydrogen) atoms. The molecule has 2 heterocycles. The van der Waals surface area contributed by atoms with Gasteiger partial charge in [-0.3, -0.25) is 4.79 Å². The van der Waals surface area contributed by atoms with Crippen LogP contribution in [0, 0.1) is 11.8 Å². The zero-order valence-electron chi connectivity index (χ0n) is 15.6. The number of fused-ring (bicyclic) bond motifs is 1. The van der Waals surface area contributed by atoms with E-state index in [0.717, 1.165) is 18.4 Å². The van der Waals surface area contributed by atoms with Gasteiger partial charge in [0, 0.05) is 37.6 Å². The fraction of sp³-hybridized carbons (Fsp3) is 0.450. The predicted molar refractivity (Wildman–Crippen MR) is 107 cm³/mol. The van der Waals surface area contributed by atoms with E-state index in [4.69, 9.17) is 23.2 Å². The highest BCUT2D eigenvalue weighted by Gasteiger charge is 2.44.